The first kappa shape index (κ1) is 15.5. The molecule has 2 rings (SSSR count). The minimum Gasteiger partial charge on any atom is -0.328 e. The minimum absolute atomic E-state index is 0.0387. The highest BCUT2D eigenvalue weighted by molar-refractivity contribution is 5.92. The molecule has 1 aliphatic rings. The van der Waals surface area contributed by atoms with Crippen molar-refractivity contribution in [2.75, 3.05) is 50.4 Å². The molecule has 21 heavy (non-hydrogen) atoms. The summed E-state index contributed by atoms with van der Waals surface area (Å²) >= 11 is 0. The topological polar surface area (TPSA) is 67.1 Å². The number of nitrogens with one attached hydrogen (secondary N) is 4. The summed E-state index contributed by atoms with van der Waals surface area (Å²) in [5.74, 6) is -0.0654. The first-order chi connectivity index (χ1) is 10.0. The molecular formula is C15H24N4O2+2. The predicted molar refractivity (Wildman–Crippen MR) is 81.6 cm³/mol. The molecule has 0 saturated carbocycles. The van der Waals surface area contributed by atoms with E-state index in [1.807, 2.05) is 0 Å². The number of benzene rings is 1. The smallest absolute Gasteiger partial charge is 0.279 e. The first-order valence-electron chi connectivity index (χ1n) is 7.35. The lowest BCUT2D eigenvalue weighted by Crippen LogP contribution is -3.27. The van der Waals surface area contributed by atoms with Crippen molar-refractivity contribution in [2.45, 2.75) is 6.92 Å². The molecule has 0 spiro atoms. The van der Waals surface area contributed by atoms with E-state index in [2.05, 4.69) is 17.7 Å². The number of anilines is 2. The minimum atomic E-state index is -0.104. The van der Waals surface area contributed by atoms with Crippen molar-refractivity contribution in [3.05, 3.63) is 24.3 Å². The Morgan fingerprint density at radius 3 is 2.05 bits per heavy atom. The normalized spacial score (nSPS) is 21.6. The van der Waals surface area contributed by atoms with Crippen molar-refractivity contribution >= 4 is 23.2 Å². The second-order valence-corrected chi connectivity index (χ2v) is 5.69. The zero-order valence-corrected chi connectivity index (χ0v) is 12.7. The fourth-order valence-corrected chi connectivity index (χ4v) is 2.48. The van der Waals surface area contributed by atoms with Gasteiger partial charge in [0.05, 0.1) is 7.05 Å². The first-order valence-corrected chi connectivity index (χ1v) is 7.35. The average molecular weight is 292 g/mol. The van der Waals surface area contributed by atoms with Crippen LogP contribution in [-0.4, -0.2) is 51.6 Å². The van der Waals surface area contributed by atoms with Crippen molar-refractivity contribution in [3.63, 3.8) is 0 Å². The number of rotatable bonds is 4. The zero-order chi connectivity index (χ0) is 15.2. The molecule has 0 unspecified atom stereocenters. The van der Waals surface area contributed by atoms with Crippen LogP contribution in [0.1, 0.15) is 6.92 Å². The Hall–Kier alpha value is -1.92. The quantitative estimate of drug-likeness (QED) is 0.518. The lowest BCUT2D eigenvalue weighted by molar-refractivity contribution is -0.999. The van der Waals surface area contributed by atoms with Gasteiger partial charge in [0.1, 0.15) is 26.2 Å². The van der Waals surface area contributed by atoms with E-state index >= 15 is 0 Å². The third-order valence-corrected chi connectivity index (χ3v) is 3.71. The summed E-state index contributed by atoms with van der Waals surface area (Å²) in [6.45, 7) is 6.31. The van der Waals surface area contributed by atoms with E-state index in [9.17, 15) is 9.59 Å². The molecule has 1 aromatic rings. The van der Waals surface area contributed by atoms with E-state index in [1.165, 1.54) is 16.7 Å². The van der Waals surface area contributed by atoms with Gasteiger partial charge in [-0.05, 0) is 24.3 Å². The van der Waals surface area contributed by atoms with Crippen LogP contribution in [0.4, 0.5) is 11.4 Å². The molecular weight excluding hydrogens is 268 g/mol. The van der Waals surface area contributed by atoms with E-state index < -0.39 is 0 Å². The molecule has 4 N–H and O–H groups in total. The third-order valence-electron chi connectivity index (χ3n) is 3.71. The highest BCUT2D eigenvalue weighted by atomic mass is 16.2. The standard InChI is InChI=1S/C15H22N4O2/c1-12(20)16-13-3-5-14(6-4-13)17-15(21)11-19-9-7-18(2)8-10-19/h3-6H,7-11H2,1-2H3,(H,16,20)(H,17,21)/p+2. The lowest BCUT2D eigenvalue weighted by Gasteiger charge is -2.26. The third kappa shape index (κ3) is 5.17. The monoisotopic (exact) mass is 292 g/mol. The number of piperazine rings is 1. The molecule has 6 heteroatoms. The second-order valence-electron chi connectivity index (χ2n) is 5.69. The molecule has 0 bridgehead atoms. The van der Waals surface area contributed by atoms with Crippen molar-refractivity contribution < 1.29 is 19.4 Å². The van der Waals surface area contributed by atoms with Crippen LogP contribution in [0.25, 0.3) is 0 Å². The highest BCUT2D eigenvalue weighted by Gasteiger charge is 2.22. The van der Waals surface area contributed by atoms with Gasteiger partial charge in [-0.15, -0.1) is 0 Å². The lowest BCUT2D eigenvalue weighted by atomic mass is 10.2. The van der Waals surface area contributed by atoms with Crippen molar-refractivity contribution in [1.29, 1.82) is 0 Å². The van der Waals surface area contributed by atoms with E-state index in [0.717, 1.165) is 37.6 Å². The molecule has 0 radical (unpaired) electrons. The van der Waals surface area contributed by atoms with Gasteiger partial charge in [0.15, 0.2) is 6.54 Å². The molecule has 1 aromatic carbocycles. The van der Waals surface area contributed by atoms with Crippen molar-refractivity contribution in [2.24, 2.45) is 0 Å². The Balaban J connectivity index is 1.80. The highest BCUT2D eigenvalue weighted by Crippen LogP contribution is 2.13. The number of hydrogen-bond donors (Lipinski definition) is 4. The van der Waals surface area contributed by atoms with Gasteiger partial charge in [0.2, 0.25) is 5.91 Å². The van der Waals surface area contributed by atoms with Crippen LogP contribution in [0.5, 0.6) is 0 Å². The van der Waals surface area contributed by atoms with E-state index in [1.54, 1.807) is 24.3 Å². The largest absolute Gasteiger partial charge is 0.328 e. The Labute approximate surface area is 125 Å². The SMILES string of the molecule is CC(=O)Nc1ccc(NC(=O)C[NH+]2CC[NH+](C)CC2)cc1. The number of amides is 2. The predicted octanol–water partition coefficient (Wildman–Crippen LogP) is -2.00. The van der Waals surface area contributed by atoms with Crippen molar-refractivity contribution in [3.8, 4) is 0 Å². The van der Waals surface area contributed by atoms with E-state index in [0.29, 0.717) is 6.54 Å². The summed E-state index contributed by atoms with van der Waals surface area (Å²) in [7, 11) is 2.19. The molecule has 6 nitrogen and oxygen atoms in total. The van der Waals surface area contributed by atoms with Gasteiger partial charge in [-0.2, -0.15) is 0 Å². The van der Waals surface area contributed by atoms with Crippen LogP contribution < -0.4 is 20.4 Å². The maximum absolute atomic E-state index is 12.0. The molecule has 0 atom stereocenters. The molecule has 1 saturated heterocycles. The summed E-state index contributed by atoms with van der Waals surface area (Å²) in [5, 5.41) is 5.60. The Bertz CT molecular complexity index is 493. The molecule has 2 amide bonds. The fourth-order valence-electron chi connectivity index (χ4n) is 2.48. The molecule has 0 aliphatic carbocycles. The second kappa shape index (κ2) is 7.19. The van der Waals surface area contributed by atoms with E-state index in [4.69, 9.17) is 0 Å². The van der Waals surface area contributed by atoms with Crippen LogP contribution >= 0.6 is 0 Å². The number of quaternary nitrogens is 2. The van der Waals surface area contributed by atoms with Gasteiger partial charge >= 0.3 is 0 Å². The Morgan fingerprint density at radius 1 is 1.00 bits per heavy atom. The maximum Gasteiger partial charge on any atom is 0.279 e. The van der Waals surface area contributed by atoms with Crippen LogP contribution in [0, 0.1) is 0 Å². The Kier molecular flexibility index (Phi) is 5.30. The van der Waals surface area contributed by atoms with Gasteiger partial charge in [-0.1, -0.05) is 0 Å². The van der Waals surface area contributed by atoms with Gasteiger partial charge in [0.25, 0.3) is 5.91 Å². The van der Waals surface area contributed by atoms with Gasteiger partial charge in [-0.3, -0.25) is 9.59 Å². The summed E-state index contributed by atoms with van der Waals surface area (Å²) in [4.78, 5) is 25.8. The number of carbonyl (C=O) groups excluding carboxylic acids is 2. The van der Waals surface area contributed by atoms with Crippen LogP contribution in [0.3, 0.4) is 0 Å². The van der Waals surface area contributed by atoms with Crippen LogP contribution in [0.15, 0.2) is 24.3 Å². The number of carbonyl (C=O) groups is 2. The molecule has 114 valence electrons. The van der Waals surface area contributed by atoms with Gasteiger partial charge in [0, 0.05) is 18.3 Å². The molecule has 1 fully saturated rings. The van der Waals surface area contributed by atoms with Gasteiger partial charge < -0.3 is 20.4 Å². The van der Waals surface area contributed by atoms with E-state index in [-0.39, 0.29) is 11.8 Å². The summed E-state index contributed by atoms with van der Waals surface area (Å²) in [5.41, 5.74) is 1.49. The molecule has 1 heterocycles. The zero-order valence-electron chi connectivity index (χ0n) is 12.7. The number of hydrogen-bond acceptors (Lipinski definition) is 2. The number of likely N-dealkylation sites (N-methyl/N-ethyl adjacent to an activating group) is 1. The molecule has 1 aliphatic heterocycles. The summed E-state index contributed by atoms with van der Waals surface area (Å²) in [6.07, 6.45) is 0. The van der Waals surface area contributed by atoms with Gasteiger partial charge in [-0.25, -0.2) is 0 Å². The van der Waals surface area contributed by atoms with Crippen LogP contribution in [-0.2, 0) is 9.59 Å². The molecule has 0 aromatic heterocycles. The summed E-state index contributed by atoms with van der Waals surface area (Å²) in [6, 6.07) is 7.16. The maximum atomic E-state index is 12.0. The average Bonchev–Trinajstić information content (AvgIpc) is 2.43. The van der Waals surface area contributed by atoms with Crippen molar-refractivity contribution in [1.82, 2.24) is 0 Å². The van der Waals surface area contributed by atoms with Crippen LogP contribution in [0.2, 0.25) is 0 Å². The fraction of sp³-hybridized carbons (Fsp3) is 0.467. The summed E-state index contributed by atoms with van der Waals surface area (Å²) < 4.78 is 0. The Morgan fingerprint density at radius 2 is 1.52 bits per heavy atom.